The molecule has 1 aromatic rings. The van der Waals surface area contributed by atoms with Crippen LogP contribution in [0.25, 0.3) is 0 Å². The van der Waals surface area contributed by atoms with Crippen LogP contribution in [0.3, 0.4) is 0 Å². The first kappa shape index (κ1) is 14.0. The first-order chi connectivity index (χ1) is 8.04. The van der Waals surface area contributed by atoms with Crippen molar-refractivity contribution >= 4 is 17.5 Å². The molecule has 17 heavy (non-hydrogen) atoms. The molecule has 0 heterocycles. The normalized spacial score (nSPS) is 12.2. The lowest BCUT2D eigenvalue weighted by molar-refractivity contribution is 0.0934. The number of carbonyl (C=O) groups excluding carboxylic acids is 1. The van der Waals surface area contributed by atoms with Gasteiger partial charge in [-0.1, -0.05) is 6.07 Å². The molecule has 1 amide bonds. The van der Waals surface area contributed by atoms with E-state index in [1.165, 1.54) is 12.1 Å². The Kier molecular flexibility index (Phi) is 5.42. The van der Waals surface area contributed by atoms with E-state index in [2.05, 4.69) is 5.32 Å². The van der Waals surface area contributed by atoms with E-state index in [0.717, 1.165) is 18.4 Å². The molecule has 0 aliphatic carbocycles. The standard InChI is InChI=1S/C13H17ClFNO/c1-9-5-6-11(12(15)8-9)13(17)16-10(2)4-3-7-14/h5-6,8,10H,3-4,7H2,1-2H3,(H,16,17). The van der Waals surface area contributed by atoms with Crippen molar-refractivity contribution in [1.29, 1.82) is 0 Å². The van der Waals surface area contributed by atoms with Gasteiger partial charge in [0.1, 0.15) is 5.82 Å². The molecular formula is C13H17ClFNO. The minimum Gasteiger partial charge on any atom is -0.349 e. The Labute approximate surface area is 106 Å². The summed E-state index contributed by atoms with van der Waals surface area (Å²) in [5.74, 6) is -0.282. The third-order valence-corrected chi connectivity index (χ3v) is 2.78. The fourth-order valence-corrected chi connectivity index (χ4v) is 1.72. The van der Waals surface area contributed by atoms with Crippen molar-refractivity contribution in [3.05, 3.63) is 35.1 Å². The average Bonchev–Trinajstić information content (AvgIpc) is 2.26. The second-order valence-corrected chi connectivity index (χ2v) is 4.57. The zero-order valence-electron chi connectivity index (χ0n) is 10.1. The summed E-state index contributed by atoms with van der Waals surface area (Å²) in [6, 6.07) is 4.59. The lowest BCUT2D eigenvalue weighted by Crippen LogP contribution is -2.33. The molecule has 0 fully saturated rings. The molecule has 0 aromatic heterocycles. The summed E-state index contributed by atoms with van der Waals surface area (Å²) in [5.41, 5.74) is 0.891. The smallest absolute Gasteiger partial charge is 0.254 e. The maximum Gasteiger partial charge on any atom is 0.254 e. The maximum atomic E-state index is 13.5. The maximum absolute atomic E-state index is 13.5. The Morgan fingerprint density at radius 1 is 1.53 bits per heavy atom. The lowest BCUT2D eigenvalue weighted by Gasteiger charge is -2.13. The third-order valence-electron chi connectivity index (χ3n) is 2.52. The highest BCUT2D eigenvalue weighted by Gasteiger charge is 2.13. The van der Waals surface area contributed by atoms with Gasteiger partial charge >= 0.3 is 0 Å². The van der Waals surface area contributed by atoms with E-state index in [4.69, 9.17) is 11.6 Å². The molecule has 0 aliphatic heterocycles. The fourth-order valence-electron chi connectivity index (χ4n) is 1.56. The molecule has 1 atom stereocenters. The number of benzene rings is 1. The largest absolute Gasteiger partial charge is 0.349 e. The van der Waals surface area contributed by atoms with E-state index in [1.54, 1.807) is 13.0 Å². The number of alkyl halides is 1. The summed E-state index contributed by atoms with van der Waals surface area (Å²) in [6.45, 7) is 3.67. The van der Waals surface area contributed by atoms with Gasteiger partial charge in [-0.15, -0.1) is 11.6 Å². The first-order valence-electron chi connectivity index (χ1n) is 5.67. The summed E-state index contributed by atoms with van der Waals surface area (Å²) in [4.78, 5) is 11.8. The Hall–Kier alpha value is -1.09. The topological polar surface area (TPSA) is 29.1 Å². The van der Waals surface area contributed by atoms with E-state index in [1.807, 2.05) is 6.92 Å². The van der Waals surface area contributed by atoms with Crippen molar-refractivity contribution in [2.45, 2.75) is 32.7 Å². The van der Waals surface area contributed by atoms with Gasteiger partial charge in [-0.3, -0.25) is 4.79 Å². The van der Waals surface area contributed by atoms with Crippen molar-refractivity contribution in [1.82, 2.24) is 5.32 Å². The molecule has 1 rings (SSSR count). The molecule has 0 saturated heterocycles. The van der Waals surface area contributed by atoms with Crippen LogP contribution in [0.5, 0.6) is 0 Å². The van der Waals surface area contributed by atoms with Gasteiger partial charge in [0.05, 0.1) is 5.56 Å². The molecule has 1 N–H and O–H groups in total. The van der Waals surface area contributed by atoms with Crippen LogP contribution in [0.15, 0.2) is 18.2 Å². The van der Waals surface area contributed by atoms with Crippen LogP contribution in [-0.2, 0) is 0 Å². The minimum atomic E-state index is -0.480. The number of rotatable bonds is 5. The third kappa shape index (κ3) is 4.35. The van der Waals surface area contributed by atoms with Crippen LogP contribution >= 0.6 is 11.6 Å². The first-order valence-corrected chi connectivity index (χ1v) is 6.21. The van der Waals surface area contributed by atoms with Crippen molar-refractivity contribution in [3.63, 3.8) is 0 Å². The predicted octanol–water partition coefficient (Wildman–Crippen LogP) is 3.27. The van der Waals surface area contributed by atoms with Crippen molar-refractivity contribution < 1.29 is 9.18 Å². The van der Waals surface area contributed by atoms with E-state index >= 15 is 0 Å². The van der Waals surface area contributed by atoms with Crippen LogP contribution in [0.2, 0.25) is 0 Å². The highest BCUT2D eigenvalue weighted by Crippen LogP contribution is 2.10. The summed E-state index contributed by atoms with van der Waals surface area (Å²) < 4.78 is 13.5. The molecule has 2 nitrogen and oxygen atoms in total. The number of amides is 1. The number of aryl methyl sites for hydroxylation is 1. The molecular weight excluding hydrogens is 241 g/mol. The molecule has 0 radical (unpaired) electrons. The Morgan fingerprint density at radius 3 is 2.82 bits per heavy atom. The number of hydrogen-bond acceptors (Lipinski definition) is 1. The molecule has 1 aromatic carbocycles. The van der Waals surface area contributed by atoms with Crippen molar-refractivity contribution in [2.24, 2.45) is 0 Å². The monoisotopic (exact) mass is 257 g/mol. The number of carbonyl (C=O) groups is 1. The molecule has 1 unspecified atom stereocenters. The number of nitrogens with one attached hydrogen (secondary N) is 1. The molecule has 94 valence electrons. The molecule has 0 spiro atoms. The fraction of sp³-hybridized carbons (Fsp3) is 0.462. The average molecular weight is 258 g/mol. The van der Waals surface area contributed by atoms with Gasteiger partial charge in [-0.05, 0) is 44.4 Å². The summed E-state index contributed by atoms with van der Waals surface area (Å²) in [5, 5.41) is 2.75. The van der Waals surface area contributed by atoms with Crippen molar-refractivity contribution in [3.8, 4) is 0 Å². The highest BCUT2D eigenvalue weighted by atomic mass is 35.5. The summed E-state index contributed by atoms with van der Waals surface area (Å²) >= 11 is 5.57. The van der Waals surface area contributed by atoms with E-state index in [0.29, 0.717) is 5.88 Å². The molecule has 0 aliphatic rings. The molecule has 4 heteroatoms. The summed E-state index contributed by atoms with van der Waals surface area (Å²) in [6.07, 6.45) is 1.63. The van der Waals surface area contributed by atoms with Gasteiger partial charge < -0.3 is 5.32 Å². The van der Waals surface area contributed by atoms with Gasteiger partial charge in [0.25, 0.3) is 5.91 Å². The molecule has 0 bridgehead atoms. The van der Waals surface area contributed by atoms with Crippen LogP contribution in [0.4, 0.5) is 4.39 Å². The van der Waals surface area contributed by atoms with Gasteiger partial charge in [-0.25, -0.2) is 4.39 Å². The van der Waals surface area contributed by atoms with Crippen LogP contribution in [0, 0.1) is 12.7 Å². The second-order valence-electron chi connectivity index (χ2n) is 4.19. The lowest BCUT2D eigenvalue weighted by atomic mass is 10.1. The predicted molar refractivity (Wildman–Crippen MR) is 68.0 cm³/mol. The Morgan fingerprint density at radius 2 is 2.24 bits per heavy atom. The van der Waals surface area contributed by atoms with Crippen LogP contribution < -0.4 is 5.32 Å². The van der Waals surface area contributed by atoms with Gasteiger partial charge in [-0.2, -0.15) is 0 Å². The van der Waals surface area contributed by atoms with Gasteiger partial charge in [0, 0.05) is 11.9 Å². The van der Waals surface area contributed by atoms with Gasteiger partial charge in [0.15, 0.2) is 0 Å². The zero-order chi connectivity index (χ0) is 12.8. The molecule has 0 saturated carbocycles. The second kappa shape index (κ2) is 6.60. The van der Waals surface area contributed by atoms with Crippen LogP contribution in [0.1, 0.15) is 35.7 Å². The van der Waals surface area contributed by atoms with Crippen molar-refractivity contribution in [2.75, 3.05) is 5.88 Å². The van der Waals surface area contributed by atoms with E-state index in [9.17, 15) is 9.18 Å². The SMILES string of the molecule is Cc1ccc(C(=O)NC(C)CCCCl)c(F)c1. The quantitative estimate of drug-likeness (QED) is 0.806. The highest BCUT2D eigenvalue weighted by molar-refractivity contribution is 6.17. The van der Waals surface area contributed by atoms with E-state index in [-0.39, 0.29) is 17.5 Å². The van der Waals surface area contributed by atoms with Crippen LogP contribution in [-0.4, -0.2) is 17.8 Å². The van der Waals surface area contributed by atoms with E-state index < -0.39 is 5.82 Å². The van der Waals surface area contributed by atoms with Gasteiger partial charge in [0.2, 0.25) is 0 Å². The summed E-state index contributed by atoms with van der Waals surface area (Å²) in [7, 11) is 0. The Balaban J connectivity index is 2.63. The zero-order valence-corrected chi connectivity index (χ0v) is 10.9. The minimum absolute atomic E-state index is 0.00181. The number of hydrogen-bond donors (Lipinski definition) is 1. The Bertz CT molecular complexity index is 395. The number of halogens is 2.